The summed E-state index contributed by atoms with van der Waals surface area (Å²) in [6.07, 6.45) is 8.54. The molecule has 2 amide bonds. The minimum atomic E-state index is -0.213. The van der Waals surface area contributed by atoms with Crippen molar-refractivity contribution in [1.82, 2.24) is 24.3 Å². The van der Waals surface area contributed by atoms with E-state index in [2.05, 4.69) is 15.3 Å². The average molecular weight is 461 g/mol. The molecule has 1 N–H and O–H groups in total. The zero-order chi connectivity index (χ0) is 23.9. The Morgan fingerprint density at radius 1 is 1.15 bits per heavy atom. The lowest BCUT2D eigenvalue weighted by Gasteiger charge is -2.19. The van der Waals surface area contributed by atoms with Gasteiger partial charge in [-0.25, -0.2) is 9.97 Å². The summed E-state index contributed by atoms with van der Waals surface area (Å²) in [7, 11) is 1.70. The summed E-state index contributed by atoms with van der Waals surface area (Å²) >= 11 is 0. The molecule has 3 aromatic heterocycles. The van der Waals surface area contributed by atoms with E-state index < -0.39 is 0 Å². The van der Waals surface area contributed by atoms with Crippen LogP contribution in [0.5, 0.6) is 5.75 Å². The monoisotopic (exact) mass is 460 g/mol. The predicted octanol–water partition coefficient (Wildman–Crippen LogP) is 2.96. The number of aryl methyl sites for hydroxylation is 2. The molecule has 176 valence electrons. The molecule has 0 unspecified atom stereocenters. The van der Waals surface area contributed by atoms with Crippen molar-refractivity contribution in [2.24, 2.45) is 0 Å². The number of imidazole rings is 2. The van der Waals surface area contributed by atoms with Gasteiger partial charge in [0.25, 0.3) is 11.8 Å². The van der Waals surface area contributed by atoms with Crippen LogP contribution in [0.3, 0.4) is 0 Å². The molecule has 0 saturated carbocycles. The fraction of sp³-hybridized carbons (Fsp3) is 0.280. The quantitative estimate of drug-likeness (QED) is 0.367. The first-order chi connectivity index (χ1) is 16.6. The van der Waals surface area contributed by atoms with E-state index in [1.165, 1.54) is 4.90 Å². The molecule has 0 radical (unpaired) electrons. The fourth-order valence-corrected chi connectivity index (χ4v) is 3.67. The molecule has 1 aromatic carbocycles. The molecule has 34 heavy (non-hydrogen) atoms. The van der Waals surface area contributed by atoms with Gasteiger partial charge in [0.15, 0.2) is 6.61 Å². The Labute approximate surface area is 198 Å². The maximum absolute atomic E-state index is 12.9. The Morgan fingerprint density at radius 3 is 2.71 bits per heavy atom. The van der Waals surface area contributed by atoms with Crippen molar-refractivity contribution in [2.45, 2.75) is 26.3 Å². The fourth-order valence-electron chi connectivity index (χ4n) is 3.67. The second kappa shape index (κ2) is 10.7. The lowest BCUT2D eigenvalue weighted by molar-refractivity contribution is -0.120. The van der Waals surface area contributed by atoms with Gasteiger partial charge in [-0.1, -0.05) is 25.1 Å². The molecule has 0 bridgehead atoms. The number of pyridine rings is 1. The van der Waals surface area contributed by atoms with E-state index in [0.717, 1.165) is 18.7 Å². The average Bonchev–Trinajstić information content (AvgIpc) is 3.52. The molecule has 0 aliphatic heterocycles. The molecule has 0 spiro atoms. The summed E-state index contributed by atoms with van der Waals surface area (Å²) in [4.78, 5) is 35.8. The predicted molar refractivity (Wildman–Crippen MR) is 129 cm³/mol. The number of aromatic nitrogens is 4. The number of rotatable bonds is 10. The van der Waals surface area contributed by atoms with Crippen LogP contribution in [-0.4, -0.2) is 50.9 Å². The first-order valence-corrected chi connectivity index (χ1v) is 11.3. The summed E-state index contributed by atoms with van der Waals surface area (Å²) in [6.45, 7) is 3.20. The Morgan fingerprint density at radius 2 is 1.97 bits per heavy atom. The molecular formula is C25H28N6O3. The van der Waals surface area contributed by atoms with Gasteiger partial charge >= 0.3 is 0 Å². The minimum absolute atomic E-state index is 0.103. The van der Waals surface area contributed by atoms with Crippen molar-refractivity contribution in [3.05, 3.63) is 78.6 Å². The van der Waals surface area contributed by atoms with Crippen molar-refractivity contribution < 1.29 is 14.3 Å². The standard InChI is InChI=1S/C25H28N6O3/c1-3-21-25(29(2)23(32)17-34-20-8-5-4-6-9-20)31-16-19(10-11-22(31)28-21)24(33)27-12-7-14-30-15-13-26-18-30/h4-6,8-11,13,15-16,18H,3,7,12,14,17H2,1-2H3,(H,27,33). The number of nitrogens with zero attached hydrogens (tertiary/aromatic N) is 5. The van der Waals surface area contributed by atoms with Crippen LogP contribution in [0.15, 0.2) is 67.4 Å². The topological polar surface area (TPSA) is 93.8 Å². The van der Waals surface area contributed by atoms with Gasteiger partial charge in [-0.05, 0) is 37.1 Å². The summed E-state index contributed by atoms with van der Waals surface area (Å²) in [5, 5.41) is 2.95. The second-order valence-corrected chi connectivity index (χ2v) is 7.85. The molecule has 4 rings (SSSR count). The van der Waals surface area contributed by atoms with E-state index in [-0.39, 0.29) is 18.4 Å². The zero-order valence-electron chi connectivity index (χ0n) is 19.3. The number of para-hydroxylation sites is 1. The summed E-state index contributed by atoms with van der Waals surface area (Å²) in [5.41, 5.74) is 1.94. The van der Waals surface area contributed by atoms with Crippen LogP contribution in [0.25, 0.3) is 5.65 Å². The van der Waals surface area contributed by atoms with Crippen molar-refractivity contribution in [1.29, 1.82) is 0 Å². The van der Waals surface area contributed by atoms with Gasteiger partial charge in [0, 0.05) is 38.7 Å². The number of carbonyl (C=O) groups is 2. The van der Waals surface area contributed by atoms with E-state index in [0.29, 0.717) is 35.7 Å². The van der Waals surface area contributed by atoms with Gasteiger partial charge in [-0.3, -0.25) is 18.9 Å². The summed E-state index contributed by atoms with van der Waals surface area (Å²) in [6, 6.07) is 12.7. The molecule has 0 fully saturated rings. The SMILES string of the molecule is CCc1nc2ccc(C(=O)NCCCn3ccnc3)cn2c1N(C)C(=O)COc1ccccc1. The minimum Gasteiger partial charge on any atom is -0.484 e. The number of benzene rings is 1. The number of carbonyl (C=O) groups excluding carboxylic acids is 2. The number of fused-ring (bicyclic) bond motifs is 1. The van der Waals surface area contributed by atoms with Gasteiger partial charge < -0.3 is 14.6 Å². The Bertz CT molecular complexity index is 1250. The number of likely N-dealkylation sites (N-methyl/N-ethyl adjacent to an activating group) is 1. The first kappa shape index (κ1) is 23.0. The molecule has 4 aromatic rings. The number of ether oxygens (including phenoxy) is 1. The van der Waals surface area contributed by atoms with E-state index in [9.17, 15) is 9.59 Å². The van der Waals surface area contributed by atoms with Crippen LogP contribution in [-0.2, 0) is 17.8 Å². The van der Waals surface area contributed by atoms with E-state index >= 15 is 0 Å². The van der Waals surface area contributed by atoms with Crippen LogP contribution < -0.4 is 15.0 Å². The third-order valence-corrected chi connectivity index (χ3v) is 5.50. The van der Waals surface area contributed by atoms with E-state index in [4.69, 9.17) is 4.74 Å². The van der Waals surface area contributed by atoms with Crippen LogP contribution in [0.4, 0.5) is 5.82 Å². The summed E-state index contributed by atoms with van der Waals surface area (Å²) < 4.78 is 9.39. The molecule has 0 aliphatic carbocycles. The van der Waals surface area contributed by atoms with Gasteiger partial charge in [0.2, 0.25) is 0 Å². The molecule has 3 heterocycles. The lowest BCUT2D eigenvalue weighted by Crippen LogP contribution is -2.33. The van der Waals surface area contributed by atoms with Crippen LogP contribution in [0.2, 0.25) is 0 Å². The molecule has 9 heteroatoms. The lowest BCUT2D eigenvalue weighted by atomic mass is 10.2. The summed E-state index contributed by atoms with van der Waals surface area (Å²) in [5.74, 6) is 0.875. The largest absolute Gasteiger partial charge is 0.484 e. The highest BCUT2D eigenvalue weighted by Crippen LogP contribution is 2.23. The first-order valence-electron chi connectivity index (χ1n) is 11.3. The highest BCUT2D eigenvalue weighted by molar-refractivity contribution is 5.96. The molecule has 0 aliphatic rings. The normalized spacial score (nSPS) is 10.9. The van der Waals surface area contributed by atoms with Gasteiger partial charge in [-0.15, -0.1) is 0 Å². The van der Waals surface area contributed by atoms with Gasteiger partial charge in [0.05, 0.1) is 17.6 Å². The van der Waals surface area contributed by atoms with Crippen LogP contribution in [0.1, 0.15) is 29.4 Å². The Kier molecular flexibility index (Phi) is 7.22. The zero-order valence-corrected chi connectivity index (χ0v) is 19.3. The van der Waals surface area contributed by atoms with E-state index in [1.807, 2.05) is 35.9 Å². The smallest absolute Gasteiger partial charge is 0.265 e. The highest BCUT2D eigenvalue weighted by Gasteiger charge is 2.21. The number of anilines is 1. The molecule has 0 atom stereocenters. The van der Waals surface area contributed by atoms with Crippen molar-refractivity contribution in [2.75, 3.05) is 25.1 Å². The number of nitrogens with one attached hydrogen (secondary N) is 1. The van der Waals surface area contributed by atoms with Crippen LogP contribution >= 0.6 is 0 Å². The third kappa shape index (κ3) is 5.25. The Balaban J connectivity index is 1.46. The van der Waals surface area contributed by atoms with E-state index in [1.54, 1.807) is 54.4 Å². The maximum Gasteiger partial charge on any atom is 0.265 e. The Hall–Kier alpha value is -4.14. The second-order valence-electron chi connectivity index (χ2n) is 7.85. The number of hydrogen-bond donors (Lipinski definition) is 1. The van der Waals surface area contributed by atoms with Gasteiger partial charge in [0.1, 0.15) is 17.2 Å². The highest BCUT2D eigenvalue weighted by atomic mass is 16.5. The number of amides is 2. The number of hydrogen-bond acceptors (Lipinski definition) is 5. The maximum atomic E-state index is 12.9. The van der Waals surface area contributed by atoms with Crippen molar-refractivity contribution in [3.63, 3.8) is 0 Å². The molecular weight excluding hydrogens is 432 g/mol. The molecule has 9 nitrogen and oxygen atoms in total. The van der Waals surface area contributed by atoms with Crippen molar-refractivity contribution >= 4 is 23.3 Å². The molecule has 0 saturated heterocycles. The van der Waals surface area contributed by atoms with Crippen molar-refractivity contribution in [3.8, 4) is 5.75 Å². The third-order valence-electron chi connectivity index (χ3n) is 5.50. The van der Waals surface area contributed by atoms with Gasteiger partial charge in [-0.2, -0.15) is 0 Å². The van der Waals surface area contributed by atoms with Crippen LogP contribution in [0, 0.1) is 0 Å².